The predicted octanol–water partition coefficient (Wildman–Crippen LogP) is 5.06. The van der Waals surface area contributed by atoms with Gasteiger partial charge in [0.1, 0.15) is 0 Å². The minimum atomic E-state index is 0.254. The summed E-state index contributed by atoms with van der Waals surface area (Å²) in [6, 6.07) is 14.3. The lowest BCUT2D eigenvalue weighted by molar-refractivity contribution is 0.576. The lowest BCUT2D eigenvalue weighted by Crippen LogP contribution is -1.81. The van der Waals surface area contributed by atoms with Crippen LogP contribution in [0.25, 0.3) is 45.2 Å². The van der Waals surface area contributed by atoms with Crippen molar-refractivity contribution < 1.29 is 17.7 Å². The van der Waals surface area contributed by atoms with E-state index in [0.29, 0.717) is 22.3 Å². The first-order valence-electron chi connectivity index (χ1n) is 8.37. The molecule has 0 aliphatic carbocycles. The molecule has 2 aromatic carbocycles. The van der Waals surface area contributed by atoms with Crippen molar-refractivity contribution in [1.82, 2.24) is 19.9 Å². The molecule has 0 radical (unpaired) electrons. The van der Waals surface area contributed by atoms with E-state index in [-0.39, 0.29) is 22.9 Å². The molecule has 3 heterocycles. The van der Waals surface area contributed by atoms with Gasteiger partial charge >= 0.3 is 0 Å². The normalized spacial score (nSPS) is 10.9. The summed E-state index contributed by atoms with van der Waals surface area (Å²) in [6.45, 7) is 0. The van der Waals surface area contributed by atoms with Crippen LogP contribution in [-0.2, 0) is 0 Å². The zero-order chi connectivity index (χ0) is 18.8. The van der Waals surface area contributed by atoms with Crippen LogP contribution >= 0.6 is 0 Å². The number of nitrogens with zero attached hydrogens (tertiary/aromatic N) is 4. The second-order valence-corrected chi connectivity index (χ2v) is 5.69. The maximum Gasteiger partial charge on any atom is 0.241 e. The number of hydrogen-bond acceptors (Lipinski definition) is 8. The molecule has 0 saturated carbocycles. The van der Waals surface area contributed by atoms with Crippen molar-refractivity contribution in [2.45, 2.75) is 0 Å². The van der Waals surface area contributed by atoms with E-state index in [1.165, 1.54) is 24.8 Å². The quantitative estimate of drug-likeness (QED) is 0.371. The maximum atomic E-state index is 5.85. The Hall–Kier alpha value is -4.20. The summed E-state index contributed by atoms with van der Waals surface area (Å²) >= 11 is 0. The lowest BCUT2D eigenvalue weighted by Gasteiger charge is -1.96. The second kappa shape index (κ2) is 6.84. The van der Waals surface area contributed by atoms with Gasteiger partial charge in [0, 0.05) is 0 Å². The van der Waals surface area contributed by atoms with Crippen LogP contribution in [0.1, 0.15) is 0 Å². The molecule has 5 aromatic rings. The van der Waals surface area contributed by atoms with Gasteiger partial charge in [-0.05, 0) is 24.3 Å². The van der Waals surface area contributed by atoms with E-state index >= 15 is 0 Å². The third-order valence-electron chi connectivity index (χ3n) is 3.74. The van der Waals surface area contributed by atoms with Gasteiger partial charge < -0.3 is 17.7 Å². The number of aromatic nitrogens is 4. The van der Waals surface area contributed by atoms with Crippen molar-refractivity contribution >= 4 is 45.2 Å². The Kier molecular flexibility index (Phi) is 3.91. The number of rotatable bonds is 0. The number of para-hydroxylation sites is 4. The minimum absolute atomic E-state index is 0.254. The summed E-state index contributed by atoms with van der Waals surface area (Å²) in [5.74, 6) is 0. The monoisotopic (exact) mass is 372 g/mol. The highest BCUT2D eigenvalue weighted by atomic mass is 16.4. The van der Waals surface area contributed by atoms with E-state index in [1.807, 2.05) is 24.3 Å². The summed E-state index contributed by atoms with van der Waals surface area (Å²) in [6.07, 6.45) is 5.94. The molecular formula is C20H12N4O4. The molecule has 0 spiro atoms. The van der Waals surface area contributed by atoms with Gasteiger partial charge in [0.25, 0.3) is 0 Å². The van der Waals surface area contributed by atoms with Crippen LogP contribution in [0.5, 0.6) is 0 Å². The Balaban J connectivity index is 2.01. The largest absolute Gasteiger partial charge is 0.433 e. The number of fused-ring (bicyclic) bond motifs is 6. The van der Waals surface area contributed by atoms with Crippen LogP contribution in [0.15, 0.2) is 91.0 Å². The third-order valence-corrected chi connectivity index (χ3v) is 3.74. The summed E-state index contributed by atoms with van der Waals surface area (Å²) in [5.41, 5.74) is 2.79. The summed E-state index contributed by atoms with van der Waals surface area (Å²) in [7, 11) is 0. The summed E-state index contributed by atoms with van der Waals surface area (Å²) < 4.78 is 23.4. The molecule has 3 aromatic heterocycles. The van der Waals surface area contributed by atoms with Crippen molar-refractivity contribution in [3.05, 3.63) is 73.3 Å². The predicted molar refractivity (Wildman–Crippen MR) is 101 cm³/mol. The van der Waals surface area contributed by atoms with Crippen LogP contribution in [0.3, 0.4) is 0 Å². The molecule has 5 rings (SSSR count). The molecule has 0 saturated heterocycles. The Bertz CT molecular complexity index is 1230. The van der Waals surface area contributed by atoms with Crippen LogP contribution in [-0.4, -0.2) is 19.9 Å². The zero-order valence-corrected chi connectivity index (χ0v) is 14.4. The van der Waals surface area contributed by atoms with Gasteiger partial charge in [-0.1, -0.05) is 24.3 Å². The van der Waals surface area contributed by atoms with Gasteiger partial charge in [-0.25, -0.2) is 0 Å². The highest BCUT2D eigenvalue weighted by molar-refractivity contribution is 5.71. The van der Waals surface area contributed by atoms with E-state index < -0.39 is 0 Å². The number of benzene rings is 2. The molecule has 0 fully saturated rings. The first-order valence-corrected chi connectivity index (χ1v) is 8.37. The van der Waals surface area contributed by atoms with E-state index in [0.717, 1.165) is 0 Å². The Morgan fingerprint density at radius 1 is 0.429 bits per heavy atom. The first kappa shape index (κ1) is 16.0. The summed E-state index contributed by atoms with van der Waals surface area (Å²) in [4.78, 5) is 16.9. The Labute approximate surface area is 156 Å². The van der Waals surface area contributed by atoms with Crippen molar-refractivity contribution in [1.29, 1.82) is 0 Å². The molecule has 4 bridgehead atoms. The fraction of sp³-hybridized carbons (Fsp3) is 0. The van der Waals surface area contributed by atoms with Gasteiger partial charge in [-0.15, -0.1) is 0 Å². The highest BCUT2D eigenvalue weighted by Crippen LogP contribution is 2.16. The average molecular weight is 372 g/mol. The molecule has 0 N–H and O–H groups in total. The van der Waals surface area contributed by atoms with E-state index in [2.05, 4.69) is 19.9 Å². The van der Waals surface area contributed by atoms with Crippen LogP contribution in [0, 0.1) is 0 Å². The zero-order valence-electron chi connectivity index (χ0n) is 14.4. The van der Waals surface area contributed by atoms with Gasteiger partial charge in [0.15, 0.2) is 22.3 Å². The molecule has 8 heteroatoms. The second-order valence-electron chi connectivity index (χ2n) is 5.69. The van der Waals surface area contributed by atoms with Crippen molar-refractivity contribution in [2.75, 3.05) is 0 Å². The topological polar surface area (TPSA) is 104 Å². The smallest absolute Gasteiger partial charge is 0.241 e. The molecular weight excluding hydrogens is 360 g/mol. The van der Waals surface area contributed by atoms with Gasteiger partial charge in [-0.2, -0.15) is 9.97 Å². The molecule has 0 unspecified atom stereocenters. The minimum Gasteiger partial charge on any atom is -0.433 e. The van der Waals surface area contributed by atoms with E-state index in [9.17, 15) is 0 Å². The average Bonchev–Trinajstić information content (AvgIpc) is 2.71. The standard InChI is InChI=1S/C20H12N4O4/c1-2-6-14-13(5-1)25-17-9-21-11-19(23-17)27-15-7-3-4-8-16(15)28-20-12-22-10-18(24-20)26-14/h1-12H. The molecule has 8 nitrogen and oxygen atoms in total. The van der Waals surface area contributed by atoms with Crippen LogP contribution < -0.4 is 0 Å². The Morgan fingerprint density at radius 3 is 1.00 bits per heavy atom. The molecule has 28 heavy (non-hydrogen) atoms. The fourth-order valence-corrected chi connectivity index (χ4v) is 2.55. The number of hydrogen-bond donors (Lipinski definition) is 0. The summed E-state index contributed by atoms with van der Waals surface area (Å²) in [5, 5.41) is 0. The Morgan fingerprint density at radius 2 is 0.714 bits per heavy atom. The van der Waals surface area contributed by atoms with Crippen molar-refractivity contribution in [3.8, 4) is 0 Å². The fourth-order valence-electron chi connectivity index (χ4n) is 2.55. The van der Waals surface area contributed by atoms with Crippen LogP contribution in [0.2, 0.25) is 0 Å². The van der Waals surface area contributed by atoms with E-state index in [4.69, 9.17) is 17.7 Å². The molecule has 0 amide bonds. The SMILES string of the molecule is c1ccc2oc3cncc(n3)oc3ccccc3oc3cncc(n3)oc2c1. The van der Waals surface area contributed by atoms with E-state index in [1.54, 1.807) is 24.3 Å². The maximum absolute atomic E-state index is 5.85. The van der Waals surface area contributed by atoms with Crippen molar-refractivity contribution in [3.63, 3.8) is 0 Å². The highest BCUT2D eigenvalue weighted by Gasteiger charge is 1.99. The van der Waals surface area contributed by atoms with Gasteiger partial charge in [-0.3, -0.25) is 9.97 Å². The molecule has 0 atom stereocenters. The molecule has 136 valence electrons. The lowest BCUT2D eigenvalue weighted by atomic mass is 10.3. The van der Waals surface area contributed by atoms with Crippen LogP contribution in [0.4, 0.5) is 0 Å². The first-order chi connectivity index (χ1) is 13.8. The van der Waals surface area contributed by atoms with Gasteiger partial charge in [0.2, 0.25) is 22.9 Å². The van der Waals surface area contributed by atoms with Gasteiger partial charge in [0.05, 0.1) is 24.8 Å². The van der Waals surface area contributed by atoms with Crippen molar-refractivity contribution in [2.24, 2.45) is 0 Å². The third kappa shape index (κ3) is 3.26. The molecule has 0 aliphatic rings. The molecule has 0 aliphatic heterocycles.